The highest BCUT2D eigenvalue weighted by atomic mass is 35.5. The highest BCUT2D eigenvalue weighted by molar-refractivity contribution is 6.23. The first-order valence-electron chi connectivity index (χ1n) is 8.86. The number of esters is 1. The van der Waals surface area contributed by atoms with Gasteiger partial charge < -0.3 is 4.74 Å². The van der Waals surface area contributed by atoms with E-state index in [0.29, 0.717) is 23.1 Å². The van der Waals surface area contributed by atoms with Gasteiger partial charge in [0.1, 0.15) is 6.10 Å². The number of nitrogens with zero attached hydrogens (tertiary/aromatic N) is 1. The molecule has 0 radical (unpaired) electrons. The van der Waals surface area contributed by atoms with Gasteiger partial charge in [0.25, 0.3) is 0 Å². The minimum absolute atomic E-state index is 0.0909. The third-order valence-corrected chi connectivity index (χ3v) is 6.59. The zero-order chi connectivity index (χ0) is 18.4. The van der Waals surface area contributed by atoms with Crippen LogP contribution in [0.1, 0.15) is 29.6 Å². The van der Waals surface area contributed by atoms with E-state index in [1.54, 1.807) is 24.3 Å². The number of ether oxygens (including phenoxy) is 1. The SMILES string of the molecule is O=C(OC(CCl)CCl)c1ccc(N2C(=O)C3C4CCC(C4)C3C2=O)cc1. The third-order valence-electron chi connectivity index (χ3n) is 5.91. The Balaban J connectivity index is 1.52. The minimum Gasteiger partial charge on any atom is -0.456 e. The van der Waals surface area contributed by atoms with Crippen LogP contribution < -0.4 is 4.90 Å². The normalized spacial score (nSPS) is 29.6. The second-order valence-electron chi connectivity index (χ2n) is 7.28. The molecule has 2 amide bonds. The van der Waals surface area contributed by atoms with Crippen molar-refractivity contribution in [1.82, 2.24) is 0 Å². The molecule has 2 saturated carbocycles. The number of amides is 2. The first-order chi connectivity index (χ1) is 12.5. The van der Waals surface area contributed by atoms with Crippen LogP contribution in [0.5, 0.6) is 0 Å². The molecule has 7 heteroatoms. The number of fused-ring (bicyclic) bond motifs is 5. The zero-order valence-corrected chi connectivity index (χ0v) is 15.6. The van der Waals surface area contributed by atoms with Gasteiger partial charge in [-0.15, -0.1) is 23.2 Å². The summed E-state index contributed by atoms with van der Waals surface area (Å²) in [5.74, 6) is -0.0778. The lowest BCUT2D eigenvalue weighted by molar-refractivity contribution is -0.123. The Bertz CT molecular complexity index is 718. The molecule has 1 aromatic rings. The van der Waals surface area contributed by atoms with Gasteiger partial charge in [-0.05, 0) is 55.4 Å². The number of carbonyl (C=O) groups is 3. The van der Waals surface area contributed by atoms with Gasteiger partial charge in [0.05, 0.1) is 34.8 Å². The lowest BCUT2D eigenvalue weighted by Gasteiger charge is -2.19. The molecule has 5 nitrogen and oxygen atoms in total. The topological polar surface area (TPSA) is 63.7 Å². The molecule has 0 aromatic heterocycles. The largest absolute Gasteiger partial charge is 0.456 e. The molecule has 2 aliphatic carbocycles. The smallest absolute Gasteiger partial charge is 0.338 e. The number of halogens is 2. The number of rotatable bonds is 5. The molecule has 1 aromatic carbocycles. The van der Waals surface area contributed by atoms with Gasteiger partial charge in [-0.25, -0.2) is 4.79 Å². The van der Waals surface area contributed by atoms with E-state index in [4.69, 9.17) is 27.9 Å². The van der Waals surface area contributed by atoms with Crippen LogP contribution in [0.3, 0.4) is 0 Å². The Morgan fingerprint density at radius 1 is 1.04 bits per heavy atom. The van der Waals surface area contributed by atoms with E-state index in [2.05, 4.69) is 0 Å². The van der Waals surface area contributed by atoms with Crippen LogP contribution >= 0.6 is 23.2 Å². The molecule has 3 fully saturated rings. The fraction of sp³-hybridized carbons (Fsp3) is 0.526. The molecular formula is C19H19Cl2NO4. The summed E-state index contributed by atoms with van der Waals surface area (Å²) >= 11 is 11.3. The lowest BCUT2D eigenvalue weighted by Crippen LogP contribution is -2.32. The van der Waals surface area contributed by atoms with E-state index in [-0.39, 0.29) is 35.4 Å². The molecule has 4 atom stereocenters. The van der Waals surface area contributed by atoms with Crippen LogP contribution in [0.25, 0.3) is 0 Å². The molecule has 0 N–H and O–H groups in total. The van der Waals surface area contributed by atoms with Gasteiger partial charge in [-0.2, -0.15) is 0 Å². The van der Waals surface area contributed by atoms with Gasteiger partial charge >= 0.3 is 5.97 Å². The third kappa shape index (κ3) is 2.72. The van der Waals surface area contributed by atoms with Gasteiger partial charge in [0.15, 0.2) is 0 Å². The average Bonchev–Trinajstić information content (AvgIpc) is 3.33. The quantitative estimate of drug-likeness (QED) is 0.436. The molecule has 1 aliphatic heterocycles. The maximum Gasteiger partial charge on any atom is 0.338 e. The average molecular weight is 396 g/mol. The summed E-state index contributed by atoms with van der Waals surface area (Å²) in [5, 5.41) is 0. The second-order valence-corrected chi connectivity index (χ2v) is 7.90. The molecule has 4 rings (SSSR count). The van der Waals surface area contributed by atoms with Crippen LogP contribution in [0.4, 0.5) is 5.69 Å². The van der Waals surface area contributed by atoms with Crippen LogP contribution in [-0.2, 0) is 14.3 Å². The highest BCUT2D eigenvalue weighted by Gasteiger charge is 2.61. The molecular weight excluding hydrogens is 377 g/mol. The Labute approximate surface area is 161 Å². The van der Waals surface area contributed by atoms with Crippen molar-refractivity contribution < 1.29 is 19.1 Å². The minimum atomic E-state index is -0.554. The van der Waals surface area contributed by atoms with Crippen LogP contribution in [-0.4, -0.2) is 35.6 Å². The predicted octanol–water partition coefficient (Wildman–Crippen LogP) is 3.23. The maximum absolute atomic E-state index is 12.8. The van der Waals surface area contributed by atoms with Gasteiger partial charge in [0, 0.05) is 0 Å². The summed E-state index contributed by atoms with van der Waals surface area (Å²) in [7, 11) is 0. The number of benzene rings is 1. The summed E-state index contributed by atoms with van der Waals surface area (Å²) in [6, 6.07) is 6.35. The van der Waals surface area contributed by atoms with E-state index in [0.717, 1.165) is 19.3 Å². The van der Waals surface area contributed by atoms with Crippen molar-refractivity contribution in [3.63, 3.8) is 0 Å². The Morgan fingerprint density at radius 2 is 1.58 bits per heavy atom. The standard InChI is InChI=1S/C19H19Cl2NO4/c20-8-14(9-21)26-19(25)10-3-5-13(6-4-10)22-17(23)15-11-1-2-12(7-11)16(15)18(22)24/h3-6,11-12,14-16H,1-2,7-9H2. The number of hydrogen-bond acceptors (Lipinski definition) is 4. The molecule has 3 aliphatic rings. The first kappa shape index (κ1) is 17.8. The summed E-state index contributed by atoms with van der Waals surface area (Å²) in [6.45, 7) is 0. The number of imide groups is 1. The highest BCUT2D eigenvalue weighted by Crippen LogP contribution is 2.56. The number of anilines is 1. The predicted molar refractivity (Wildman–Crippen MR) is 97.4 cm³/mol. The summed E-state index contributed by atoms with van der Waals surface area (Å²) in [6.07, 6.45) is 2.55. The fourth-order valence-corrected chi connectivity index (χ4v) is 5.19. The van der Waals surface area contributed by atoms with Crippen molar-refractivity contribution >= 4 is 46.7 Å². The fourth-order valence-electron chi connectivity index (χ4n) is 4.73. The number of carbonyl (C=O) groups excluding carboxylic acids is 3. The molecule has 1 heterocycles. The zero-order valence-electron chi connectivity index (χ0n) is 14.1. The van der Waals surface area contributed by atoms with Gasteiger partial charge in [-0.1, -0.05) is 0 Å². The Kier molecular flexibility index (Phi) is 4.70. The summed E-state index contributed by atoms with van der Waals surface area (Å²) in [4.78, 5) is 39.0. The van der Waals surface area contributed by atoms with E-state index < -0.39 is 12.1 Å². The second kappa shape index (κ2) is 6.86. The van der Waals surface area contributed by atoms with Crippen LogP contribution in [0.15, 0.2) is 24.3 Å². The van der Waals surface area contributed by atoms with E-state index in [9.17, 15) is 14.4 Å². The molecule has 4 unspecified atom stereocenters. The molecule has 1 saturated heterocycles. The van der Waals surface area contributed by atoms with E-state index >= 15 is 0 Å². The number of hydrogen-bond donors (Lipinski definition) is 0. The molecule has 26 heavy (non-hydrogen) atoms. The summed E-state index contributed by atoms with van der Waals surface area (Å²) < 4.78 is 5.19. The monoisotopic (exact) mass is 395 g/mol. The van der Waals surface area contributed by atoms with Crippen molar-refractivity contribution in [3.05, 3.63) is 29.8 Å². The van der Waals surface area contributed by atoms with E-state index in [1.807, 2.05) is 0 Å². The number of alkyl halides is 2. The van der Waals surface area contributed by atoms with Gasteiger partial charge in [-0.3, -0.25) is 14.5 Å². The van der Waals surface area contributed by atoms with Crippen LogP contribution in [0, 0.1) is 23.7 Å². The van der Waals surface area contributed by atoms with Crippen molar-refractivity contribution in [2.75, 3.05) is 16.7 Å². The Hall–Kier alpha value is -1.59. The first-order valence-corrected chi connectivity index (χ1v) is 9.92. The van der Waals surface area contributed by atoms with Crippen LogP contribution in [0.2, 0.25) is 0 Å². The summed E-state index contributed by atoms with van der Waals surface area (Å²) in [5.41, 5.74) is 0.838. The van der Waals surface area contributed by atoms with Gasteiger partial charge in [0.2, 0.25) is 11.8 Å². The van der Waals surface area contributed by atoms with Crippen molar-refractivity contribution in [2.24, 2.45) is 23.7 Å². The molecule has 0 spiro atoms. The molecule has 138 valence electrons. The van der Waals surface area contributed by atoms with Crippen molar-refractivity contribution in [3.8, 4) is 0 Å². The Morgan fingerprint density at radius 3 is 2.08 bits per heavy atom. The maximum atomic E-state index is 12.8. The molecule has 2 bridgehead atoms. The lowest BCUT2D eigenvalue weighted by atomic mass is 9.81. The van der Waals surface area contributed by atoms with E-state index in [1.165, 1.54) is 4.90 Å². The van der Waals surface area contributed by atoms with Crippen molar-refractivity contribution in [2.45, 2.75) is 25.4 Å². The van der Waals surface area contributed by atoms with Crippen molar-refractivity contribution in [1.29, 1.82) is 0 Å².